The Hall–Kier alpha value is -1.26. The summed E-state index contributed by atoms with van der Waals surface area (Å²) in [5.41, 5.74) is 0. The average Bonchev–Trinajstić information content (AvgIpc) is 2.44. The van der Waals surface area contributed by atoms with Crippen molar-refractivity contribution >= 4 is 12.0 Å². The molecule has 1 heterocycles. The smallest absolute Gasteiger partial charge is 0.326 e. The minimum atomic E-state index is -0.963. The summed E-state index contributed by atoms with van der Waals surface area (Å²) in [6.45, 7) is 6.18. The summed E-state index contributed by atoms with van der Waals surface area (Å²) < 4.78 is 0. The monoisotopic (exact) mass is 214 g/mol. The van der Waals surface area contributed by atoms with Gasteiger partial charge in [0, 0.05) is 12.6 Å². The number of hydrogen-bond donors (Lipinski definition) is 2. The molecule has 1 fully saturated rings. The fourth-order valence-corrected chi connectivity index (χ4v) is 1.79. The first-order chi connectivity index (χ1) is 6.91. The second-order valence-electron chi connectivity index (χ2n) is 4.44. The fraction of sp³-hybridized carbons (Fsp3) is 0.800. The van der Waals surface area contributed by atoms with Crippen molar-refractivity contribution in [1.29, 1.82) is 0 Å². The molecule has 0 saturated carbocycles. The van der Waals surface area contributed by atoms with Gasteiger partial charge in [-0.3, -0.25) is 0 Å². The summed E-state index contributed by atoms with van der Waals surface area (Å²) in [6.07, 6.45) is 0.884. The molecular formula is C10H18N2O3. The van der Waals surface area contributed by atoms with Crippen molar-refractivity contribution < 1.29 is 14.7 Å². The van der Waals surface area contributed by atoms with Gasteiger partial charge in [0.1, 0.15) is 6.04 Å². The van der Waals surface area contributed by atoms with Crippen molar-refractivity contribution in [2.24, 2.45) is 5.92 Å². The van der Waals surface area contributed by atoms with E-state index in [2.05, 4.69) is 19.2 Å². The lowest BCUT2D eigenvalue weighted by Gasteiger charge is -2.19. The van der Waals surface area contributed by atoms with Crippen LogP contribution in [0.15, 0.2) is 0 Å². The molecule has 1 saturated heterocycles. The number of hydrogen-bond acceptors (Lipinski definition) is 2. The molecular weight excluding hydrogens is 196 g/mol. The summed E-state index contributed by atoms with van der Waals surface area (Å²) in [4.78, 5) is 23.6. The summed E-state index contributed by atoms with van der Waals surface area (Å²) in [6, 6.07) is -0.933. The van der Waals surface area contributed by atoms with Crippen LogP contribution in [0.5, 0.6) is 0 Å². The Morgan fingerprint density at radius 2 is 2.20 bits per heavy atom. The standard InChI is InChI=1S/C10H18N2O3/c1-6(2)4-8-5-12(10(15)11-8)7(3)9(13)14/h6-8H,4-5H2,1-3H3,(H,11,15)(H,13,14). The Bertz CT molecular complexity index is 265. The molecule has 86 valence electrons. The van der Waals surface area contributed by atoms with Gasteiger partial charge in [-0.25, -0.2) is 9.59 Å². The third-order valence-corrected chi connectivity index (χ3v) is 2.59. The van der Waals surface area contributed by atoms with E-state index in [0.717, 1.165) is 6.42 Å². The second-order valence-corrected chi connectivity index (χ2v) is 4.44. The van der Waals surface area contributed by atoms with E-state index in [1.165, 1.54) is 11.8 Å². The molecule has 0 aromatic heterocycles. The first kappa shape index (κ1) is 11.8. The maximum atomic E-state index is 11.5. The minimum absolute atomic E-state index is 0.0827. The third-order valence-electron chi connectivity index (χ3n) is 2.59. The molecule has 2 unspecified atom stereocenters. The molecule has 15 heavy (non-hydrogen) atoms. The van der Waals surface area contributed by atoms with Gasteiger partial charge < -0.3 is 15.3 Å². The lowest BCUT2D eigenvalue weighted by Crippen LogP contribution is -2.40. The number of carboxylic acids is 1. The van der Waals surface area contributed by atoms with Gasteiger partial charge in [-0.05, 0) is 19.3 Å². The van der Waals surface area contributed by atoms with Crippen molar-refractivity contribution in [3.05, 3.63) is 0 Å². The molecule has 0 aromatic carbocycles. The van der Waals surface area contributed by atoms with E-state index in [1.807, 2.05) is 0 Å². The Labute approximate surface area is 89.4 Å². The van der Waals surface area contributed by atoms with Gasteiger partial charge in [-0.2, -0.15) is 0 Å². The molecule has 2 N–H and O–H groups in total. The van der Waals surface area contributed by atoms with Gasteiger partial charge in [-0.1, -0.05) is 13.8 Å². The van der Waals surface area contributed by atoms with Crippen LogP contribution in [0.25, 0.3) is 0 Å². The number of nitrogens with one attached hydrogen (secondary N) is 1. The Kier molecular flexibility index (Phi) is 3.55. The van der Waals surface area contributed by atoms with Crippen molar-refractivity contribution in [2.45, 2.75) is 39.3 Å². The maximum absolute atomic E-state index is 11.5. The van der Waals surface area contributed by atoms with E-state index in [0.29, 0.717) is 12.5 Å². The zero-order valence-corrected chi connectivity index (χ0v) is 9.36. The summed E-state index contributed by atoms with van der Waals surface area (Å²) in [7, 11) is 0. The van der Waals surface area contributed by atoms with Gasteiger partial charge in [0.15, 0.2) is 0 Å². The maximum Gasteiger partial charge on any atom is 0.326 e. The number of amides is 2. The van der Waals surface area contributed by atoms with Crippen molar-refractivity contribution in [1.82, 2.24) is 10.2 Å². The molecule has 0 aliphatic carbocycles. The summed E-state index contributed by atoms with van der Waals surface area (Å²) in [5, 5.41) is 11.6. The highest BCUT2D eigenvalue weighted by Gasteiger charge is 2.34. The number of rotatable bonds is 4. The van der Waals surface area contributed by atoms with E-state index in [9.17, 15) is 9.59 Å². The first-order valence-corrected chi connectivity index (χ1v) is 5.21. The number of aliphatic carboxylic acids is 1. The van der Waals surface area contributed by atoms with Gasteiger partial charge in [0.2, 0.25) is 0 Å². The van der Waals surface area contributed by atoms with E-state index in [1.54, 1.807) is 0 Å². The molecule has 5 heteroatoms. The van der Waals surface area contributed by atoms with Crippen LogP contribution >= 0.6 is 0 Å². The van der Waals surface area contributed by atoms with E-state index in [4.69, 9.17) is 5.11 Å². The Morgan fingerprint density at radius 1 is 1.60 bits per heavy atom. The zero-order chi connectivity index (χ0) is 11.6. The Balaban J connectivity index is 2.56. The van der Waals surface area contributed by atoms with Crippen LogP contribution in [0.4, 0.5) is 4.79 Å². The van der Waals surface area contributed by atoms with Crippen molar-refractivity contribution in [3.63, 3.8) is 0 Å². The molecule has 5 nitrogen and oxygen atoms in total. The molecule has 0 radical (unpaired) electrons. The summed E-state index contributed by atoms with van der Waals surface area (Å²) in [5.74, 6) is -0.467. The summed E-state index contributed by atoms with van der Waals surface area (Å²) >= 11 is 0. The van der Waals surface area contributed by atoms with Crippen LogP contribution in [0, 0.1) is 5.92 Å². The quantitative estimate of drug-likeness (QED) is 0.730. The number of carboxylic acid groups (broad SMARTS) is 1. The highest BCUT2D eigenvalue weighted by atomic mass is 16.4. The molecule has 1 rings (SSSR count). The fourth-order valence-electron chi connectivity index (χ4n) is 1.79. The van der Waals surface area contributed by atoms with E-state index < -0.39 is 12.0 Å². The SMILES string of the molecule is CC(C)CC1CN(C(C)C(=O)O)C(=O)N1. The number of urea groups is 1. The molecule has 0 aromatic rings. The van der Waals surface area contributed by atoms with Gasteiger partial charge in [-0.15, -0.1) is 0 Å². The average molecular weight is 214 g/mol. The van der Waals surface area contributed by atoms with E-state index in [-0.39, 0.29) is 12.1 Å². The topological polar surface area (TPSA) is 69.6 Å². The van der Waals surface area contributed by atoms with Crippen molar-refractivity contribution in [2.75, 3.05) is 6.54 Å². The largest absolute Gasteiger partial charge is 0.480 e. The lowest BCUT2D eigenvalue weighted by atomic mass is 10.0. The van der Waals surface area contributed by atoms with Gasteiger partial charge in [0.05, 0.1) is 0 Å². The van der Waals surface area contributed by atoms with Gasteiger partial charge >= 0.3 is 12.0 Å². The van der Waals surface area contributed by atoms with Crippen LogP contribution in [0.3, 0.4) is 0 Å². The number of carbonyl (C=O) groups excluding carboxylic acids is 1. The molecule has 1 aliphatic heterocycles. The Morgan fingerprint density at radius 3 is 2.67 bits per heavy atom. The van der Waals surface area contributed by atoms with Crippen LogP contribution in [0.1, 0.15) is 27.2 Å². The highest BCUT2D eigenvalue weighted by Crippen LogP contribution is 2.14. The predicted molar refractivity (Wildman–Crippen MR) is 55.6 cm³/mol. The van der Waals surface area contributed by atoms with Crippen LogP contribution in [0.2, 0.25) is 0 Å². The molecule has 0 bridgehead atoms. The van der Waals surface area contributed by atoms with Crippen LogP contribution < -0.4 is 5.32 Å². The normalized spacial score (nSPS) is 23.1. The van der Waals surface area contributed by atoms with E-state index >= 15 is 0 Å². The van der Waals surface area contributed by atoms with Crippen LogP contribution in [-0.4, -0.2) is 40.6 Å². The number of nitrogens with zero attached hydrogens (tertiary/aromatic N) is 1. The minimum Gasteiger partial charge on any atom is -0.480 e. The molecule has 2 amide bonds. The second kappa shape index (κ2) is 4.51. The van der Waals surface area contributed by atoms with Crippen molar-refractivity contribution in [3.8, 4) is 0 Å². The third kappa shape index (κ3) is 2.84. The molecule has 2 atom stereocenters. The van der Waals surface area contributed by atoms with Crippen LogP contribution in [-0.2, 0) is 4.79 Å². The highest BCUT2D eigenvalue weighted by molar-refractivity contribution is 5.84. The molecule has 1 aliphatic rings. The molecule has 0 spiro atoms. The number of carbonyl (C=O) groups is 2. The predicted octanol–water partition coefficient (Wildman–Crippen LogP) is 0.899. The lowest BCUT2D eigenvalue weighted by molar-refractivity contribution is -0.141. The zero-order valence-electron chi connectivity index (χ0n) is 9.36. The first-order valence-electron chi connectivity index (χ1n) is 5.21. The van der Waals surface area contributed by atoms with Gasteiger partial charge in [0.25, 0.3) is 0 Å².